The van der Waals surface area contributed by atoms with Gasteiger partial charge in [0.15, 0.2) is 0 Å². The average molecular weight is 266 g/mol. The highest BCUT2D eigenvalue weighted by molar-refractivity contribution is 5.48. The summed E-state index contributed by atoms with van der Waals surface area (Å²) < 4.78 is 0. The van der Waals surface area contributed by atoms with Crippen LogP contribution in [0.3, 0.4) is 0 Å². The Kier molecular flexibility index (Phi) is 16.9. The molecule has 112 valence electrons. The van der Waals surface area contributed by atoms with Crippen LogP contribution in [-0.4, -0.2) is 6.29 Å². The number of hydrogen-bond acceptors (Lipinski definition) is 1. The molecule has 0 aliphatic heterocycles. The molecule has 0 amide bonds. The van der Waals surface area contributed by atoms with Gasteiger partial charge in [0, 0.05) is 6.42 Å². The highest BCUT2D eigenvalue weighted by Gasteiger charge is 1.91. The lowest BCUT2D eigenvalue weighted by molar-refractivity contribution is -0.107. The van der Waals surface area contributed by atoms with Gasteiger partial charge in [-0.3, -0.25) is 0 Å². The number of aldehydes is 1. The second-order valence-electron chi connectivity index (χ2n) is 5.54. The molecule has 0 unspecified atom stereocenters. The second-order valence-corrected chi connectivity index (χ2v) is 5.54. The van der Waals surface area contributed by atoms with Crippen LogP contribution in [0.5, 0.6) is 0 Å². The molecule has 0 aromatic heterocycles. The van der Waals surface area contributed by atoms with Crippen LogP contribution in [0.1, 0.15) is 96.8 Å². The third-order valence-electron chi connectivity index (χ3n) is 3.58. The van der Waals surface area contributed by atoms with Gasteiger partial charge in [-0.1, -0.05) is 70.4 Å². The van der Waals surface area contributed by atoms with E-state index in [0.29, 0.717) is 0 Å². The lowest BCUT2D eigenvalue weighted by Gasteiger charge is -2.00. The number of unbranched alkanes of at least 4 members (excludes halogenated alkanes) is 12. The predicted octanol–water partition coefficient (Wildman–Crippen LogP) is 6.22. The molecule has 0 saturated carbocycles. The van der Waals surface area contributed by atoms with Crippen LogP contribution in [0, 0.1) is 0 Å². The summed E-state index contributed by atoms with van der Waals surface area (Å²) in [6.07, 6.45) is 23.6. The molecule has 0 atom stereocenters. The van der Waals surface area contributed by atoms with Crippen molar-refractivity contribution in [2.75, 3.05) is 0 Å². The van der Waals surface area contributed by atoms with Gasteiger partial charge in [-0.15, -0.1) is 0 Å². The first-order chi connectivity index (χ1) is 9.41. The Labute approximate surface area is 120 Å². The van der Waals surface area contributed by atoms with Gasteiger partial charge in [0.05, 0.1) is 0 Å². The summed E-state index contributed by atoms with van der Waals surface area (Å²) >= 11 is 0. The van der Waals surface area contributed by atoms with Crippen molar-refractivity contribution in [2.24, 2.45) is 0 Å². The van der Waals surface area contributed by atoms with Crippen molar-refractivity contribution in [3.8, 4) is 0 Å². The molecule has 0 fully saturated rings. The van der Waals surface area contributed by atoms with Gasteiger partial charge in [-0.05, 0) is 32.1 Å². The van der Waals surface area contributed by atoms with Crippen LogP contribution in [-0.2, 0) is 4.79 Å². The molecule has 1 heteroatoms. The third kappa shape index (κ3) is 17.4. The molecule has 0 N–H and O–H groups in total. The Morgan fingerprint density at radius 2 is 1.00 bits per heavy atom. The van der Waals surface area contributed by atoms with Crippen molar-refractivity contribution in [2.45, 2.75) is 96.8 Å². The molecule has 0 rings (SSSR count). The highest BCUT2D eigenvalue weighted by atomic mass is 16.1. The van der Waals surface area contributed by atoms with Crippen molar-refractivity contribution >= 4 is 6.29 Å². The summed E-state index contributed by atoms with van der Waals surface area (Å²) in [5.74, 6) is 0. The zero-order valence-electron chi connectivity index (χ0n) is 13.0. The number of allylic oxidation sites excluding steroid dienone is 2. The zero-order valence-corrected chi connectivity index (χ0v) is 13.0. The fraction of sp³-hybridized carbons (Fsp3) is 0.833. The molecule has 19 heavy (non-hydrogen) atoms. The molecule has 0 bridgehead atoms. The van der Waals surface area contributed by atoms with Gasteiger partial charge in [-0.2, -0.15) is 0 Å². The molecule has 0 aliphatic carbocycles. The summed E-state index contributed by atoms with van der Waals surface area (Å²) in [5, 5.41) is 0. The van der Waals surface area contributed by atoms with E-state index < -0.39 is 0 Å². The Morgan fingerprint density at radius 1 is 0.579 bits per heavy atom. The largest absolute Gasteiger partial charge is 0.303 e. The zero-order chi connectivity index (χ0) is 14.0. The van der Waals surface area contributed by atoms with E-state index in [9.17, 15) is 4.79 Å². The number of hydrogen-bond donors (Lipinski definition) is 0. The van der Waals surface area contributed by atoms with Crippen LogP contribution in [0.25, 0.3) is 0 Å². The van der Waals surface area contributed by atoms with Crippen molar-refractivity contribution < 1.29 is 4.79 Å². The fourth-order valence-corrected chi connectivity index (χ4v) is 2.30. The van der Waals surface area contributed by atoms with Gasteiger partial charge >= 0.3 is 0 Å². The first kappa shape index (κ1) is 18.4. The lowest BCUT2D eigenvalue weighted by atomic mass is 10.1. The monoisotopic (exact) mass is 266 g/mol. The van der Waals surface area contributed by atoms with E-state index >= 15 is 0 Å². The third-order valence-corrected chi connectivity index (χ3v) is 3.58. The fourth-order valence-electron chi connectivity index (χ4n) is 2.30. The first-order valence-electron chi connectivity index (χ1n) is 8.50. The minimum atomic E-state index is 0.755. The Morgan fingerprint density at radius 3 is 1.47 bits per heavy atom. The van der Waals surface area contributed by atoms with Crippen LogP contribution < -0.4 is 0 Å². The maximum Gasteiger partial charge on any atom is 0.119 e. The van der Waals surface area contributed by atoms with E-state index in [1.165, 1.54) is 77.0 Å². The van der Waals surface area contributed by atoms with E-state index in [1.54, 1.807) is 0 Å². The number of carbonyl (C=O) groups is 1. The molecule has 1 nitrogen and oxygen atoms in total. The Hall–Kier alpha value is -0.590. The molecule has 0 aliphatic rings. The Balaban J connectivity index is 3.00. The molecule has 0 spiro atoms. The van der Waals surface area contributed by atoms with E-state index in [-0.39, 0.29) is 0 Å². The quantitative estimate of drug-likeness (QED) is 0.195. The van der Waals surface area contributed by atoms with Gasteiger partial charge in [0.2, 0.25) is 0 Å². The van der Waals surface area contributed by atoms with Crippen LogP contribution in [0.15, 0.2) is 12.2 Å². The van der Waals surface area contributed by atoms with E-state index in [1.807, 2.05) is 0 Å². The highest BCUT2D eigenvalue weighted by Crippen LogP contribution is 2.10. The summed E-state index contributed by atoms with van der Waals surface area (Å²) in [4.78, 5) is 10.1. The molecule has 0 aromatic carbocycles. The minimum Gasteiger partial charge on any atom is -0.303 e. The van der Waals surface area contributed by atoms with E-state index in [0.717, 1.165) is 19.1 Å². The molecule has 0 saturated heterocycles. The van der Waals surface area contributed by atoms with E-state index in [4.69, 9.17) is 0 Å². The van der Waals surface area contributed by atoms with Crippen molar-refractivity contribution in [1.29, 1.82) is 0 Å². The normalized spacial score (nSPS) is 11.2. The van der Waals surface area contributed by atoms with Crippen LogP contribution in [0.2, 0.25) is 0 Å². The Bertz CT molecular complexity index is 196. The maximum atomic E-state index is 10.1. The van der Waals surface area contributed by atoms with E-state index in [2.05, 4.69) is 19.1 Å². The molecular weight excluding hydrogens is 232 g/mol. The lowest BCUT2D eigenvalue weighted by Crippen LogP contribution is -1.82. The number of carbonyl (C=O) groups excluding carboxylic acids is 1. The van der Waals surface area contributed by atoms with Crippen molar-refractivity contribution in [3.05, 3.63) is 12.2 Å². The smallest absolute Gasteiger partial charge is 0.119 e. The maximum absolute atomic E-state index is 10.1. The van der Waals surface area contributed by atoms with Gasteiger partial charge < -0.3 is 4.79 Å². The summed E-state index contributed by atoms with van der Waals surface area (Å²) in [7, 11) is 0. The predicted molar refractivity (Wildman–Crippen MR) is 85.5 cm³/mol. The standard InChI is InChI=1S/C18H34O/c1-2-3-4-5-6-7-8-9-10-11-12-13-14-15-16-17-18-19/h6-7,18H,2-5,8-17H2,1H3/b7-6+. The SMILES string of the molecule is CCCCC/C=C/CCCCCCCCCCC=O. The second kappa shape index (κ2) is 17.4. The van der Waals surface area contributed by atoms with Crippen LogP contribution in [0.4, 0.5) is 0 Å². The summed E-state index contributed by atoms with van der Waals surface area (Å²) in [6.45, 7) is 2.26. The van der Waals surface area contributed by atoms with Crippen molar-refractivity contribution in [1.82, 2.24) is 0 Å². The van der Waals surface area contributed by atoms with Gasteiger partial charge in [0.25, 0.3) is 0 Å². The molecule has 0 aromatic rings. The molecular formula is C18H34O. The first-order valence-corrected chi connectivity index (χ1v) is 8.50. The van der Waals surface area contributed by atoms with Crippen molar-refractivity contribution in [3.63, 3.8) is 0 Å². The minimum absolute atomic E-state index is 0.755. The van der Waals surface area contributed by atoms with Gasteiger partial charge in [0.1, 0.15) is 6.29 Å². The molecule has 0 heterocycles. The topological polar surface area (TPSA) is 17.1 Å². The average Bonchev–Trinajstić information content (AvgIpc) is 2.43. The molecule has 0 radical (unpaired) electrons. The van der Waals surface area contributed by atoms with Crippen LogP contribution >= 0.6 is 0 Å². The summed E-state index contributed by atoms with van der Waals surface area (Å²) in [5.41, 5.74) is 0. The number of rotatable bonds is 15. The van der Waals surface area contributed by atoms with Gasteiger partial charge in [-0.25, -0.2) is 0 Å². The summed E-state index contributed by atoms with van der Waals surface area (Å²) in [6, 6.07) is 0.